The molecule has 1 aliphatic carbocycles. The third-order valence-corrected chi connectivity index (χ3v) is 4.35. The van der Waals surface area contributed by atoms with Crippen LogP contribution >= 0.6 is 0 Å². The van der Waals surface area contributed by atoms with Crippen molar-refractivity contribution < 1.29 is 4.39 Å². The van der Waals surface area contributed by atoms with Crippen molar-refractivity contribution in [1.29, 1.82) is 0 Å². The summed E-state index contributed by atoms with van der Waals surface area (Å²) in [4.78, 5) is 3.49. The van der Waals surface area contributed by atoms with Crippen LogP contribution in [0.4, 0.5) is 4.39 Å². The van der Waals surface area contributed by atoms with Crippen molar-refractivity contribution in [2.45, 2.75) is 25.2 Å². The zero-order valence-corrected chi connectivity index (χ0v) is 12.6. The molecular weight excluding hydrogens is 273 g/mol. The molecule has 2 aromatic rings. The van der Waals surface area contributed by atoms with E-state index in [0.717, 1.165) is 22.5 Å². The Bertz CT molecular complexity index is 715. The summed E-state index contributed by atoms with van der Waals surface area (Å²) < 4.78 is 13.2. The van der Waals surface area contributed by atoms with E-state index in [-0.39, 0.29) is 5.82 Å². The molecule has 1 aromatic carbocycles. The van der Waals surface area contributed by atoms with E-state index >= 15 is 0 Å². The highest BCUT2D eigenvalue weighted by atomic mass is 19.1. The van der Waals surface area contributed by atoms with Crippen LogP contribution in [0.5, 0.6) is 0 Å². The molecule has 1 aromatic heterocycles. The Morgan fingerprint density at radius 2 is 1.91 bits per heavy atom. The second kappa shape index (κ2) is 6.18. The monoisotopic (exact) mass is 293 g/mol. The number of hydrogen-bond donors (Lipinski definition) is 1. The van der Waals surface area contributed by atoms with Gasteiger partial charge in [-0.3, -0.25) is 0 Å². The lowest BCUT2D eigenvalue weighted by molar-refractivity contribution is 0.421. The first kappa shape index (κ1) is 14.6. The van der Waals surface area contributed by atoms with Crippen molar-refractivity contribution in [2.75, 3.05) is 0 Å². The Morgan fingerprint density at radius 3 is 2.45 bits per heavy atom. The predicted molar refractivity (Wildman–Crippen MR) is 91.1 cm³/mol. The molecule has 0 radical (unpaired) electrons. The zero-order valence-electron chi connectivity index (χ0n) is 12.6. The van der Waals surface area contributed by atoms with Crippen molar-refractivity contribution in [3.8, 4) is 11.3 Å². The smallest absolute Gasteiger partial charge is 0.123 e. The number of hydrogen-bond acceptors (Lipinski definition) is 0. The standard InChI is InChI=1S/C20H20FN/c1-3-6-14(4-2)19-13-18(15-7-5-8-15)20(22-19)16-9-11-17(21)12-10-16/h3-4,6,9-13,15,22H,1-2,5,7-8H2/b14-6+. The molecule has 2 heteroatoms. The first-order chi connectivity index (χ1) is 10.7. The average Bonchev–Trinajstić information content (AvgIpc) is 2.88. The van der Waals surface area contributed by atoms with Gasteiger partial charge >= 0.3 is 0 Å². The van der Waals surface area contributed by atoms with E-state index in [2.05, 4.69) is 24.2 Å². The highest BCUT2D eigenvalue weighted by Gasteiger charge is 2.25. The molecule has 0 saturated heterocycles. The minimum atomic E-state index is -0.209. The van der Waals surface area contributed by atoms with Crippen molar-refractivity contribution in [3.63, 3.8) is 0 Å². The van der Waals surface area contributed by atoms with Gasteiger partial charge in [0.05, 0.1) is 0 Å². The average molecular weight is 293 g/mol. The van der Waals surface area contributed by atoms with E-state index in [4.69, 9.17) is 0 Å². The number of benzene rings is 1. The Hall–Kier alpha value is -2.35. The van der Waals surface area contributed by atoms with E-state index < -0.39 is 0 Å². The molecule has 112 valence electrons. The van der Waals surface area contributed by atoms with E-state index in [1.807, 2.05) is 24.3 Å². The lowest BCUT2D eigenvalue weighted by Gasteiger charge is -2.26. The topological polar surface area (TPSA) is 15.8 Å². The lowest BCUT2D eigenvalue weighted by atomic mass is 9.79. The van der Waals surface area contributed by atoms with Crippen LogP contribution in [0.2, 0.25) is 0 Å². The van der Waals surface area contributed by atoms with E-state index in [1.54, 1.807) is 6.08 Å². The van der Waals surface area contributed by atoms with Gasteiger partial charge in [0.2, 0.25) is 0 Å². The molecule has 0 aliphatic heterocycles. The molecule has 0 unspecified atom stereocenters. The summed E-state index contributed by atoms with van der Waals surface area (Å²) in [5.41, 5.74) is 5.50. The minimum Gasteiger partial charge on any atom is -0.354 e. The summed E-state index contributed by atoms with van der Waals surface area (Å²) in [6.45, 7) is 7.63. The maximum atomic E-state index is 13.2. The van der Waals surface area contributed by atoms with E-state index in [9.17, 15) is 4.39 Å². The van der Waals surface area contributed by atoms with Crippen molar-refractivity contribution >= 4 is 5.57 Å². The van der Waals surface area contributed by atoms with Gasteiger partial charge in [-0.15, -0.1) is 0 Å². The van der Waals surface area contributed by atoms with Crippen molar-refractivity contribution in [1.82, 2.24) is 4.98 Å². The summed E-state index contributed by atoms with van der Waals surface area (Å²) in [7, 11) is 0. The lowest BCUT2D eigenvalue weighted by Crippen LogP contribution is -2.08. The molecule has 0 bridgehead atoms. The maximum absolute atomic E-state index is 13.2. The first-order valence-corrected chi connectivity index (χ1v) is 7.67. The van der Waals surface area contributed by atoms with E-state index in [1.165, 1.54) is 37.0 Å². The number of halogens is 1. The number of H-pyrrole nitrogens is 1. The first-order valence-electron chi connectivity index (χ1n) is 7.67. The molecule has 1 fully saturated rings. The fourth-order valence-corrected chi connectivity index (χ4v) is 2.92. The Kier molecular flexibility index (Phi) is 4.10. The molecule has 0 amide bonds. The molecule has 1 saturated carbocycles. The molecule has 1 aliphatic rings. The number of rotatable bonds is 5. The largest absolute Gasteiger partial charge is 0.354 e. The molecule has 0 atom stereocenters. The summed E-state index contributed by atoms with van der Waals surface area (Å²) in [6.07, 6.45) is 9.26. The molecular formula is C20H20FN. The predicted octanol–water partition coefficient (Wildman–Crippen LogP) is 5.84. The highest BCUT2D eigenvalue weighted by molar-refractivity contribution is 5.77. The third kappa shape index (κ3) is 2.69. The number of nitrogens with one attached hydrogen (secondary N) is 1. The Balaban J connectivity index is 2.08. The Morgan fingerprint density at radius 1 is 1.18 bits per heavy atom. The summed E-state index contributed by atoms with van der Waals surface area (Å²) in [6, 6.07) is 8.89. The number of aromatic nitrogens is 1. The molecule has 1 N–H and O–H groups in total. The maximum Gasteiger partial charge on any atom is 0.123 e. The van der Waals surface area contributed by atoms with Crippen LogP contribution in [0.15, 0.2) is 61.7 Å². The fraction of sp³-hybridized carbons (Fsp3) is 0.200. The van der Waals surface area contributed by atoms with Crippen LogP contribution in [0.25, 0.3) is 16.8 Å². The van der Waals surface area contributed by atoms with Crippen LogP contribution in [-0.2, 0) is 0 Å². The summed E-state index contributed by atoms with van der Waals surface area (Å²) >= 11 is 0. The van der Waals surface area contributed by atoms with Gasteiger partial charge in [0, 0.05) is 11.4 Å². The van der Waals surface area contributed by atoms with Crippen LogP contribution in [0, 0.1) is 5.82 Å². The highest BCUT2D eigenvalue weighted by Crippen LogP contribution is 2.42. The van der Waals surface area contributed by atoms with Crippen LogP contribution in [0.3, 0.4) is 0 Å². The number of allylic oxidation sites excluding steroid dienone is 4. The van der Waals surface area contributed by atoms with Crippen molar-refractivity contribution in [2.24, 2.45) is 0 Å². The molecule has 3 rings (SSSR count). The van der Waals surface area contributed by atoms with Gasteiger partial charge < -0.3 is 4.98 Å². The minimum absolute atomic E-state index is 0.209. The van der Waals surface area contributed by atoms with Gasteiger partial charge in [0.25, 0.3) is 0 Å². The van der Waals surface area contributed by atoms with Gasteiger partial charge in [-0.2, -0.15) is 0 Å². The van der Waals surface area contributed by atoms with Gasteiger partial charge in [-0.25, -0.2) is 4.39 Å². The second-order valence-electron chi connectivity index (χ2n) is 5.71. The quantitative estimate of drug-likeness (QED) is 0.666. The van der Waals surface area contributed by atoms with Gasteiger partial charge in [-0.05, 0) is 65.8 Å². The van der Waals surface area contributed by atoms with Crippen molar-refractivity contribution in [3.05, 3.63) is 78.8 Å². The molecule has 1 heterocycles. The van der Waals surface area contributed by atoms with E-state index in [0.29, 0.717) is 5.92 Å². The fourth-order valence-electron chi connectivity index (χ4n) is 2.92. The van der Waals surface area contributed by atoms with Crippen LogP contribution in [-0.4, -0.2) is 4.98 Å². The summed E-state index contributed by atoms with van der Waals surface area (Å²) in [5.74, 6) is 0.388. The Labute approximate surface area is 130 Å². The summed E-state index contributed by atoms with van der Waals surface area (Å²) in [5, 5.41) is 0. The number of aromatic amines is 1. The zero-order chi connectivity index (χ0) is 15.5. The second-order valence-corrected chi connectivity index (χ2v) is 5.71. The van der Waals surface area contributed by atoms with Gasteiger partial charge in [-0.1, -0.05) is 37.8 Å². The van der Waals surface area contributed by atoms with Gasteiger partial charge in [0.1, 0.15) is 5.82 Å². The molecule has 0 spiro atoms. The van der Waals surface area contributed by atoms with Crippen LogP contribution in [0.1, 0.15) is 36.4 Å². The van der Waals surface area contributed by atoms with Gasteiger partial charge in [0.15, 0.2) is 0 Å². The molecule has 1 nitrogen and oxygen atoms in total. The normalized spacial score (nSPS) is 15.4. The van der Waals surface area contributed by atoms with Crippen LogP contribution < -0.4 is 0 Å². The third-order valence-electron chi connectivity index (χ3n) is 4.35. The SMILES string of the molecule is C=C/C=C(\C=C)c1cc(C2CCC2)c(-c2ccc(F)cc2)[nH]1. The molecule has 22 heavy (non-hydrogen) atoms.